The van der Waals surface area contributed by atoms with Gasteiger partial charge in [0, 0.05) is 20.3 Å². The Kier molecular flexibility index (Phi) is 9.79. The molecule has 5 aromatic carbocycles. The number of carboxylic acids is 2. The van der Waals surface area contributed by atoms with Crippen molar-refractivity contribution in [1.82, 2.24) is 0 Å². The van der Waals surface area contributed by atoms with Gasteiger partial charge in [0.05, 0.1) is 11.1 Å². The number of hydrogen-bond acceptors (Lipinski definition) is 4. The Morgan fingerprint density at radius 3 is 1.59 bits per heavy atom. The molecule has 0 aliphatic carbocycles. The van der Waals surface area contributed by atoms with Gasteiger partial charge in [-0.05, 0) is 75.8 Å². The van der Waals surface area contributed by atoms with Gasteiger partial charge < -0.3 is 10.2 Å². The Bertz CT molecular complexity index is 1710. The van der Waals surface area contributed by atoms with Crippen LogP contribution >= 0.6 is 23.5 Å². The number of aromatic carboxylic acids is 2. The summed E-state index contributed by atoms with van der Waals surface area (Å²) in [6, 6.07) is 32.2. The molecule has 5 rings (SSSR count). The smallest absolute Gasteiger partial charge is 0.336 e. The van der Waals surface area contributed by atoms with E-state index < -0.39 is 11.9 Å². The lowest BCUT2D eigenvalue weighted by Crippen LogP contribution is -2.16. The third kappa shape index (κ3) is 6.45. The summed E-state index contributed by atoms with van der Waals surface area (Å²) in [4.78, 5) is 27.0. The maximum absolute atomic E-state index is 12.7. The van der Waals surface area contributed by atoms with E-state index in [-0.39, 0.29) is 29.1 Å². The monoisotopic (exact) mass is 582 g/mol. The average Bonchev–Trinajstić information content (AvgIpc) is 2.97. The minimum Gasteiger partial charge on any atom is -0.478 e. The molecule has 0 radical (unpaired) electrons. The number of thioether (sulfide) groups is 2. The molecule has 0 bridgehead atoms. The molecule has 5 aromatic rings. The van der Waals surface area contributed by atoms with Gasteiger partial charge in [0.15, 0.2) is 0 Å². The normalized spacial score (nSPS) is 12.5. The highest BCUT2D eigenvalue weighted by Crippen LogP contribution is 2.48. The van der Waals surface area contributed by atoms with Gasteiger partial charge >= 0.3 is 11.9 Å². The van der Waals surface area contributed by atoms with E-state index in [9.17, 15) is 19.8 Å². The predicted octanol–water partition coefficient (Wildman–Crippen LogP) is 10.5. The summed E-state index contributed by atoms with van der Waals surface area (Å²) in [5.41, 5.74) is 1.20. The molecule has 210 valence electrons. The van der Waals surface area contributed by atoms with Crippen LogP contribution in [0.4, 0.5) is 0 Å². The summed E-state index contributed by atoms with van der Waals surface area (Å²) in [5.74, 6) is -2.44. The largest absolute Gasteiger partial charge is 0.478 e. The summed E-state index contributed by atoms with van der Waals surface area (Å²) >= 11 is 3.29. The minimum absolute atomic E-state index is 0. The maximum atomic E-state index is 12.7. The highest BCUT2D eigenvalue weighted by molar-refractivity contribution is 8.00. The standard InChI is InChI=1S/C34H30O4S2.CH4/c1-3-29(39-25-15-13-21-9-5-7-11-23(21)19-25)27-17-18-28(33(35)36)32(34(37)38)31(27)30(4-2)40-26-16-14-22-10-6-8-12-24(22)20-26;/h5-20,29-30H,3-4H2,1-2H3,(H,35,36)(H,37,38);1H4. The lowest BCUT2D eigenvalue weighted by Gasteiger charge is -2.26. The Hall–Kier alpha value is -3.74. The van der Waals surface area contributed by atoms with E-state index in [2.05, 4.69) is 67.6 Å². The van der Waals surface area contributed by atoms with Gasteiger partial charge in [-0.15, -0.1) is 23.5 Å². The van der Waals surface area contributed by atoms with Crippen molar-refractivity contribution in [3.05, 3.63) is 119 Å². The quantitative estimate of drug-likeness (QED) is 0.160. The van der Waals surface area contributed by atoms with E-state index in [4.69, 9.17) is 0 Å². The van der Waals surface area contributed by atoms with Crippen LogP contribution in [0.1, 0.15) is 76.5 Å². The van der Waals surface area contributed by atoms with Crippen LogP contribution in [0.2, 0.25) is 0 Å². The second kappa shape index (κ2) is 13.3. The molecular formula is C35H34O4S2. The zero-order valence-electron chi connectivity index (χ0n) is 22.3. The van der Waals surface area contributed by atoms with E-state index in [0.29, 0.717) is 12.0 Å². The molecule has 41 heavy (non-hydrogen) atoms. The van der Waals surface area contributed by atoms with Crippen LogP contribution < -0.4 is 0 Å². The molecule has 0 heterocycles. The number of carboxylic acid groups (broad SMARTS) is 2. The molecule has 0 fully saturated rings. The van der Waals surface area contributed by atoms with Gasteiger partial charge in [-0.1, -0.05) is 88.0 Å². The van der Waals surface area contributed by atoms with Gasteiger partial charge in [0.25, 0.3) is 0 Å². The molecule has 2 unspecified atom stereocenters. The second-order valence-electron chi connectivity index (χ2n) is 9.65. The lowest BCUT2D eigenvalue weighted by molar-refractivity contribution is 0.0650. The summed E-state index contributed by atoms with van der Waals surface area (Å²) in [6.07, 6.45) is 1.40. The number of benzene rings is 5. The number of carbonyl (C=O) groups is 2. The second-order valence-corrected chi connectivity index (χ2v) is 12.2. The SMILES string of the molecule is C.CCC(Sc1ccc2ccccc2c1)c1ccc(C(=O)O)c(C(=O)O)c1C(CC)Sc1ccc2ccccc2c1. The number of rotatable bonds is 10. The molecule has 0 amide bonds. The van der Waals surface area contributed by atoms with E-state index in [1.54, 1.807) is 23.5 Å². The van der Waals surface area contributed by atoms with E-state index >= 15 is 0 Å². The molecule has 0 aliphatic rings. The van der Waals surface area contributed by atoms with Crippen LogP contribution in [0.25, 0.3) is 21.5 Å². The molecule has 4 nitrogen and oxygen atoms in total. The number of hydrogen-bond donors (Lipinski definition) is 2. The fraction of sp³-hybridized carbons (Fsp3) is 0.200. The first-order chi connectivity index (χ1) is 19.4. The highest BCUT2D eigenvalue weighted by atomic mass is 32.2. The zero-order chi connectivity index (χ0) is 28.2. The molecule has 0 saturated carbocycles. The van der Waals surface area contributed by atoms with Gasteiger partial charge in [-0.2, -0.15) is 0 Å². The molecule has 0 spiro atoms. The van der Waals surface area contributed by atoms with Crippen molar-refractivity contribution in [2.75, 3.05) is 0 Å². The van der Waals surface area contributed by atoms with Crippen molar-refractivity contribution in [3.8, 4) is 0 Å². The Labute approximate surface area is 249 Å². The van der Waals surface area contributed by atoms with E-state index in [1.807, 2.05) is 37.3 Å². The van der Waals surface area contributed by atoms with E-state index in [1.165, 1.54) is 6.07 Å². The Balaban J connectivity index is 0.00000387. The number of fused-ring (bicyclic) bond motifs is 2. The third-order valence-corrected chi connectivity index (χ3v) is 9.91. The predicted molar refractivity (Wildman–Crippen MR) is 173 cm³/mol. The van der Waals surface area contributed by atoms with Crippen molar-refractivity contribution in [1.29, 1.82) is 0 Å². The molecule has 2 N–H and O–H groups in total. The van der Waals surface area contributed by atoms with Crippen molar-refractivity contribution < 1.29 is 19.8 Å². The van der Waals surface area contributed by atoms with Gasteiger partial charge in [-0.3, -0.25) is 0 Å². The summed E-state index contributed by atoms with van der Waals surface area (Å²) < 4.78 is 0. The van der Waals surface area contributed by atoms with Crippen LogP contribution in [-0.2, 0) is 0 Å². The third-order valence-electron chi connectivity index (χ3n) is 7.13. The summed E-state index contributed by atoms with van der Waals surface area (Å²) in [7, 11) is 0. The molecule has 2 atom stereocenters. The molecule has 0 aliphatic heterocycles. The Morgan fingerprint density at radius 2 is 1.12 bits per heavy atom. The Morgan fingerprint density at radius 1 is 0.634 bits per heavy atom. The van der Waals surface area contributed by atoms with E-state index in [0.717, 1.165) is 43.3 Å². The molecule has 0 saturated heterocycles. The first kappa shape index (κ1) is 30.2. The van der Waals surface area contributed by atoms with Gasteiger partial charge in [0.2, 0.25) is 0 Å². The van der Waals surface area contributed by atoms with Crippen LogP contribution in [0.3, 0.4) is 0 Å². The highest BCUT2D eigenvalue weighted by Gasteiger charge is 2.30. The van der Waals surface area contributed by atoms with Crippen LogP contribution in [-0.4, -0.2) is 22.2 Å². The zero-order valence-corrected chi connectivity index (χ0v) is 24.0. The van der Waals surface area contributed by atoms with Crippen molar-refractivity contribution in [2.45, 2.75) is 54.4 Å². The molecule has 0 aromatic heterocycles. The molecule has 6 heteroatoms. The first-order valence-corrected chi connectivity index (χ1v) is 15.1. The van der Waals surface area contributed by atoms with Crippen LogP contribution in [0.5, 0.6) is 0 Å². The van der Waals surface area contributed by atoms with Crippen molar-refractivity contribution in [3.63, 3.8) is 0 Å². The summed E-state index contributed by atoms with van der Waals surface area (Å²) in [5, 5.41) is 24.6. The fourth-order valence-corrected chi connectivity index (χ4v) is 7.57. The maximum Gasteiger partial charge on any atom is 0.336 e. The first-order valence-electron chi connectivity index (χ1n) is 13.3. The topological polar surface area (TPSA) is 74.6 Å². The average molecular weight is 583 g/mol. The van der Waals surface area contributed by atoms with Crippen molar-refractivity contribution in [2.24, 2.45) is 0 Å². The van der Waals surface area contributed by atoms with Crippen LogP contribution in [0, 0.1) is 0 Å². The molecular weight excluding hydrogens is 549 g/mol. The van der Waals surface area contributed by atoms with Crippen molar-refractivity contribution >= 4 is 57.0 Å². The van der Waals surface area contributed by atoms with Gasteiger partial charge in [-0.25, -0.2) is 9.59 Å². The van der Waals surface area contributed by atoms with Gasteiger partial charge in [0.1, 0.15) is 0 Å². The summed E-state index contributed by atoms with van der Waals surface area (Å²) in [6.45, 7) is 4.12. The fourth-order valence-electron chi connectivity index (χ4n) is 5.20. The minimum atomic E-state index is -1.23. The lowest BCUT2D eigenvalue weighted by atomic mass is 9.90. The van der Waals surface area contributed by atoms with Crippen LogP contribution in [0.15, 0.2) is 107 Å².